The van der Waals surface area contributed by atoms with Crippen LogP contribution in [0.2, 0.25) is 0 Å². The van der Waals surface area contributed by atoms with Crippen molar-refractivity contribution >= 4 is 17.7 Å². The zero-order valence-electron chi connectivity index (χ0n) is 18.9. The number of anilines is 1. The number of aliphatic hydroxyl groups excluding tert-OH is 1. The molecule has 0 bridgehead atoms. The van der Waals surface area contributed by atoms with Crippen molar-refractivity contribution in [2.24, 2.45) is 5.41 Å². The van der Waals surface area contributed by atoms with Crippen molar-refractivity contribution in [2.75, 3.05) is 31.7 Å². The van der Waals surface area contributed by atoms with E-state index in [9.17, 15) is 19.8 Å². The normalized spacial score (nSPS) is 18.3. The Morgan fingerprint density at radius 3 is 2.66 bits per heavy atom. The topological polar surface area (TPSA) is 121 Å². The highest BCUT2D eigenvalue weighted by molar-refractivity contribution is 5.87. The molecule has 1 atom stereocenters. The summed E-state index contributed by atoms with van der Waals surface area (Å²) in [7, 11) is 0. The molecule has 1 aromatic rings. The van der Waals surface area contributed by atoms with Gasteiger partial charge in [0, 0.05) is 25.5 Å². The van der Waals surface area contributed by atoms with Crippen LogP contribution in [0.4, 0.5) is 5.82 Å². The molecule has 8 nitrogen and oxygen atoms in total. The predicted octanol–water partition coefficient (Wildman–Crippen LogP) is 2.68. The Hall–Kier alpha value is -2.19. The molecule has 4 N–H and O–H groups in total. The third kappa shape index (κ3) is 6.65. The highest BCUT2D eigenvalue weighted by Gasteiger charge is 2.40. The Labute approximate surface area is 190 Å². The van der Waals surface area contributed by atoms with Crippen LogP contribution in [0.5, 0.6) is 0 Å². The lowest BCUT2D eigenvalue weighted by molar-refractivity contribution is -0.148. The van der Waals surface area contributed by atoms with Gasteiger partial charge in [-0.2, -0.15) is 0 Å². The van der Waals surface area contributed by atoms with E-state index in [-0.39, 0.29) is 12.5 Å². The second kappa shape index (κ2) is 12.2. The largest absolute Gasteiger partial charge is 0.480 e. The fourth-order valence-corrected chi connectivity index (χ4v) is 4.48. The number of carbonyl (C=O) groups is 2. The molecule has 0 spiro atoms. The molecule has 0 saturated carbocycles. The lowest BCUT2D eigenvalue weighted by Gasteiger charge is -2.34. The van der Waals surface area contributed by atoms with Gasteiger partial charge in [-0.3, -0.25) is 4.79 Å². The second-order valence-electron chi connectivity index (χ2n) is 9.06. The highest BCUT2D eigenvalue weighted by Crippen LogP contribution is 2.30. The van der Waals surface area contributed by atoms with Gasteiger partial charge in [-0.1, -0.05) is 31.7 Å². The molecule has 0 aliphatic carbocycles. The summed E-state index contributed by atoms with van der Waals surface area (Å²) in [6.07, 6.45) is 9.28. The van der Waals surface area contributed by atoms with Crippen molar-refractivity contribution < 1.29 is 24.5 Å². The SMILES string of the molecule is O=C(O)[C@H](CCCCCCCc1ccc2c(n1)NCCC2)NC(=O)C1(CO)CCOCC1. The number of nitrogens with one attached hydrogen (secondary N) is 2. The number of hydrogen-bond donors (Lipinski definition) is 4. The molecule has 1 aromatic heterocycles. The third-order valence-electron chi connectivity index (χ3n) is 6.72. The molecular formula is C24H37N3O5. The summed E-state index contributed by atoms with van der Waals surface area (Å²) in [6.45, 7) is 1.52. The maximum atomic E-state index is 12.7. The van der Waals surface area contributed by atoms with Crippen LogP contribution in [-0.2, 0) is 27.2 Å². The van der Waals surface area contributed by atoms with Gasteiger partial charge in [0.1, 0.15) is 11.9 Å². The van der Waals surface area contributed by atoms with E-state index >= 15 is 0 Å². The molecule has 8 heteroatoms. The van der Waals surface area contributed by atoms with E-state index in [2.05, 4.69) is 22.8 Å². The van der Waals surface area contributed by atoms with E-state index in [0.717, 1.165) is 69.4 Å². The number of carboxylic acids is 1. The number of nitrogens with zero attached hydrogens (tertiary/aromatic N) is 1. The van der Waals surface area contributed by atoms with Crippen molar-refractivity contribution in [1.29, 1.82) is 0 Å². The van der Waals surface area contributed by atoms with Crippen LogP contribution in [0.1, 0.15) is 69.0 Å². The van der Waals surface area contributed by atoms with Crippen molar-refractivity contribution in [3.8, 4) is 0 Å². The van der Waals surface area contributed by atoms with Gasteiger partial charge in [0.15, 0.2) is 0 Å². The smallest absolute Gasteiger partial charge is 0.326 e. The molecule has 1 amide bonds. The number of carboxylic acid groups (broad SMARTS) is 1. The Balaban J connectivity index is 1.33. The minimum atomic E-state index is -1.02. The monoisotopic (exact) mass is 447 g/mol. The van der Waals surface area contributed by atoms with E-state index in [4.69, 9.17) is 9.72 Å². The number of aliphatic hydroxyl groups is 1. The first-order valence-electron chi connectivity index (χ1n) is 12.0. The molecule has 0 radical (unpaired) electrons. The summed E-state index contributed by atoms with van der Waals surface area (Å²) >= 11 is 0. The Kier molecular flexibility index (Phi) is 9.29. The summed E-state index contributed by atoms with van der Waals surface area (Å²) in [5.74, 6) is -0.354. The maximum Gasteiger partial charge on any atom is 0.326 e. The van der Waals surface area contributed by atoms with Gasteiger partial charge in [-0.15, -0.1) is 0 Å². The maximum absolute atomic E-state index is 12.7. The number of amides is 1. The Bertz CT molecular complexity index is 764. The van der Waals surface area contributed by atoms with E-state index in [0.29, 0.717) is 32.5 Å². The number of ether oxygens (including phenoxy) is 1. The zero-order chi connectivity index (χ0) is 22.8. The quantitative estimate of drug-likeness (QED) is 0.364. The van der Waals surface area contributed by atoms with Gasteiger partial charge in [0.05, 0.1) is 12.0 Å². The molecule has 1 fully saturated rings. The summed E-state index contributed by atoms with van der Waals surface area (Å²) in [5.41, 5.74) is 1.51. The number of carbonyl (C=O) groups excluding carboxylic acids is 1. The number of fused-ring (bicyclic) bond motifs is 1. The lowest BCUT2D eigenvalue weighted by Crippen LogP contribution is -2.52. The zero-order valence-corrected chi connectivity index (χ0v) is 18.9. The average molecular weight is 448 g/mol. The number of rotatable bonds is 12. The number of unbranched alkanes of at least 4 members (excludes halogenated alkanes) is 4. The van der Waals surface area contributed by atoms with Gasteiger partial charge in [0.2, 0.25) is 5.91 Å². The number of aromatic nitrogens is 1. The van der Waals surface area contributed by atoms with Crippen LogP contribution in [-0.4, -0.2) is 59.5 Å². The van der Waals surface area contributed by atoms with Crippen molar-refractivity contribution in [1.82, 2.24) is 10.3 Å². The standard InChI is InChI=1S/C24H37N3O5/c28-17-24(12-15-32-16-13-24)23(31)27-20(22(29)30)9-5-3-1-2-4-8-19-11-10-18-7-6-14-25-21(18)26-19/h10-11,20,28H,1-9,12-17H2,(H,25,26)(H,27,31)(H,29,30)/t20-/m0/s1. The summed E-state index contributed by atoms with van der Waals surface area (Å²) in [5, 5.41) is 25.3. The van der Waals surface area contributed by atoms with Crippen LogP contribution in [0.3, 0.4) is 0 Å². The van der Waals surface area contributed by atoms with E-state index in [1.54, 1.807) is 0 Å². The van der Waals surface area contributed by atoms with Crippen LogP contribution in [0, 0.1) is 5.41 Å². The van der Waals surface area contributed by atoms with Crippen LogP contribution < -0.4 is 10.6 Å². The van der Waals surface area contributed by atoms with Crippen molar-refractivity contribution in [3.05, 3.63) is 23.4 Å². The number of aliphatic carboxylic acids is 1. The third-order valence-corrected chi connectivity index (χ3v) is 6.72. The van der Waals surface area contributed by atoms with E-state index in [1.807, 2.05) is 0 Å². The predicted molar refractivity (Wildman–Crippen MR) is 122 cm³/mol. The fraction of sp³-hybridized carbons (Fsp3) is 0.708. The summed E-state index contributed by atoms with van der Waals surface area (Å²) in [4.78, 5) is 29.0. The molecule has 2 aliphatic heterocycles. The molecule has 0 aromatic carbocycles. The van der Waals surface area contributed by atoms with Gasteiger partial charge in [-0.05, 0) is 56.6 Å². The van der Waals surface area contributed by atoms with Crippen LogP contribution in [0.25, 0.3) is 0 Å². The first kappa shape index (κ1) is 24.5. The van der Waals surface area contributed by atoms with E-state index < -0.39 is 17.4 Å². The molecule has 2 aliphatic rings. The summed E-state index contributed by atoms with van der Waals surface area (Å²) in [6, 6.07) is 3.40. The number of hydrogen-bond acceptors (Lipinski definition) is 6. The van der Waals surface area contributed by atoms with Crippen LogP contribution in [0.15, 0.2) is 12.1 Å². The fourth-order valence-electron chi connectivity index (χ4n) is 4.48. The molecule has 32 heavy (non-hydrogen) atoms. The minimum absolute atomic E-state index is 0.288. The molecule has 178 valence electrons. The lowest BCUT2D eigenvalue weighted by atomic mass is 9.80. The summed E-state index contributed by atoms with van der Waals surface area (Å²) < 4.78 is 5.28. The Morgan fingerprint density at radius 1 is 1.16 bits per heavy atom. The minimum Gasteiger partial charge on any atom is -0.480 e. The van der Waals surface area contributed by atoms with Gasteiger partial charge < -0.3 is 25.6 Å². The molecule has 1 saturated heterocycles. The number of pyridine rings is 1. The van der Waals surface area contributed by atoms with Crippen LogP contribution >= 0.6 is 0 Å². The Morgan fingerprint density at radius 2 is 1.91 bits per heavy atom. The molecule has 3 rings (SSSR count). The first-order chi connectivity index (χ1) is 15.5. The van der Waals surface area contributed by atoms with Crippen molar-refractivity contribution in [2.45, 2.75) is 76.7 Å². The van der Waals surface area contributed by atoms with Gasteiger partial charge in [0.25, 0.3) is 0 Å². The van der Waals surface area contributed by atoms with Crippen molar-refractivity contribution in [3.63, 3.8) is 0 Å². The van der Waals surface area contributed by atoms with Gasteiger partial charge in [-0.25, -0.2) is 9.78 Å². The van der Waals surface area contributed by atoms with E-state index in [1.165, 1.54) is 5.56 Å². The second-order valence-corrected chi connectivity index (χ2v) is 9.06. The highest BCUT2D eigenvalue weighted by atomic mass is 16.5. The molecular weight excluding hydrogens is 410 g/mol. The van der Waals surface area contributed by atoms with Gasteiger partial charge >= 0.3 is 5.97 Å². The molecule has 3 heterocycles. The average Bonchev–Trinajstić information content (AvgIpc) is 2.82. The molecule has 0 unspecified atom stereocenters. The first-order valence-corrected chi connectivity index (χ1v) is 12.0. The number of aryl methyl sites for hydroxylation is 2.